The summed E-state index contributed by atoms with van der Waals surface area (Å²) in [5.41, 5.74) is 5.83. The van der Waals surface area contributed by atoms with E-state index in [4.69, 9.17) is 21.7 Å². The maximum Gasteiger partial charge on any atom is 0.257 e. The van der Waals surface area contributed by atoms with Crippen molar-refractivity contribution in [1.29, 1.82) is 0 Å². The van der Waals surface area contributed by atoms with Gasteiger partial charge in [0.15, 0.2) is 5.11 Å². The molecule has 0 spiro atoms. The first-order chi connectivity index (χ1) is 10.2. The lowest BCUT2D eigenvalue weighted by molar-refractivity contribution is -0.119. The van der Waals surface area contributed by atoms with Gasteiger partial charge in [0.25, 0.3) is 5.91 Å². The summed E-state index contributed by atoms with van der Waals surface area (Å²) in [6.45, 7) is 1.19. The average Bonchev–Trinajstić information content (AvgIpc) is 2.51. The summed E-state index contributed by atoms with van der Waals surface area (Å²) in [5.74, 6) is 0.423. The fraction of sp³-hybridized carbons (Fsp3) is 0.385. The molecule has 0 aliphatic heterocycles. The highest BCUT2D eigenvalue weighted by Crippen LogP contribution is 2.22. The van der Waals surface area contributed by atoms with E-state index in [0.29, 0.717) is 24.0 Å². The highest BCUT2D eigenvalue weighted by atomic mass is 32.1. The van der Waals surface area contributed by atoms with Crippen LogP contribution >= 0.6 is 12.2 Å². The molecule has 8 heteroatoms. The van der Waals surface area contributed by atoms with E-state index in [-0.39, 0.29) is 12.5 Å². The standard InChI is InChI=1S/C13H20N4O3S/c1-19-8-7-14-13(21)17-16-12(18)9-15-10-5-3-4-6-11(10)20-2/h3-6,15H,7-9H2,1-2H3,(H,16,18)(H2,14,17,21). The van der Waals surface area contributed by atoms with Gasteiger partial charge in [-0.15, -0.1) is 0 Å². The number of hydrazine groups is 1. The van der Waals surface area contributed by atoms with Crippen LogP contribution in [0.1, 0.15) is 0 Å². The zero-order valence-corrected chi connectivity index (χ0v) is 12.9. The van der Waals surface area contributed by atoms with Crippen LogP contribution in [0.15, 0.2) is 24.3 Å². The zero-order chi connectivity index (χ0) is 15.5. The number of thiocarbonyl (C=S) groups is 1. The number of carbonyl (C=O) groups excluding carboxylic acids is 1. The molecule has 0 bridgehead atoms. The van der Waals surface area contributed by atoms with Crippen molar-refractivity contribution in [2.45, 2.75) is 0 Å². The van der Waals surface area contributed by atoms with Gasteiger partial charge in [0, 0.05) is 13.7 Å². The third-order valence-corrected chi connectivity index (χ3v) is 2.70. The molecule has 116 valence electrons. The molecule has 0 radical (unpaired) electrons. The Bertz CT molecular complexity index is 470. The van der Waals surface area contributed by atoms with Crippen LogP contribution in [-0.4, -0.2) is 44.9 Å². The number of hydrogen-bond acceptors (Lipinski definition) is 5. The molecule has 21 heavy (non-hydrogen) atoms. The van der Waals surface area contributed by atoms with Gasteiger partial charge >= 0.3 is 0 Å². The Kier molecular flexibility index (Phi) is 7.92. The van der Waals surface area contributed by atoms with Gasteiger partial charge in [-0.25, -0.2) is 0 Å². The van der Waals surface area contributed by atoms with Gasteiger partial charge in [0.05, 0.1) is 25.9 Å². The summed E-state index contributed by atoms with van der Waals surface area (Å²) in [5, 5.41) is 6.18. The minimum atomic E-state index is -0.253. The molecular weight excluding hydrogens is 292 g/mol. The predicted molar refractivity (Wildman–Crippen MR) is 85.2 cm³/mol. The van der Waals surface area contributed by atoms with Crippen molar-refractivity contribution in [1.82, 2.24) is 16.2 Å². The molecule has 1 aromatic carbocycles. The van der Waals surface area contributed by atoms with Crippen molar-refractivity contribution in [2.24, 2.45) is 0 Å². The molecular formula is C13H20N4O3S. The van der Waals surface area contributed by atoms with E-state index in [9.17, 15) is 4.79 Å². The van der Waals surface area contributed by atoms with Gasteiger partial charge in [-0.2, -0.15) is 0 Å². The molecule has 0 heterocycles. The van der Waals surface area contributed by atoms with Crippen LogP contribution < -0.4 is 26.2 Å². The second-order valence-electron chi connectivity index (χ2n) is 3.98. The van der Waals surface area contributed by atoms with Crippen LogP contribution in [0.3, 0.4) is 0 Å². The molecule has 4 N–H and O–H groups in total. The first-order valence-electron chi connectivity index (χ1n) is 6.36. The number of nitrogens with one attached hydrogen (secondary N) is 4. The first kappa shape index (κ1) is 17.0. The monoisotopic (exact) mass is 312 g/mol. The van der Waals surface area contributed by atoms with Crippen molar-refractivity contribution in [2.75, 3.05) is 39.2 Å². The van der Waals surface area contributed by atoms with Crippen LogP contribution in [0, 0.1) is 0 Å². The van der Waals surface area contributed by atoms with Crippen LogP contribution in [0.4, 0.5) is 5.69 Å². The van der Waals surface area contributed by atoms with Crippen LogP contribution in [0.25, 0.3) is 0 Å². The minimum absolute atomic E-state index is 0.0913. The topological polar surface area (TPSA) is 83.7 Å². The Balaban J connectivity index is 2.26. The van der Waals surface area contributed by atoms with Crippen molar-refractivity contribution >= 4 is 28.9 Å². The Hall–Kier alpha value is -2.06. The van der Waals surface area contributed by atoms with Crippen molar-refractivity contribution in [3.05, 3.63) is 24.3 Å². The molecule has 7 nitrogen and oxygen atoms in total. The molecule has 0 aliphatic rings. The fourth-order valence-corrected chi connectivity index (χ4v) is 1.60. The summed E-state index contributed by atoms with van der Waals surface area (Å²) >= 11 is 4.97. The second kappa shape index (κ2) is 9.78. The number of methoxy groups -OCH3 is 2. The van der Waals surface area contributed by atoms with E-state index < -0.39 is 0 Å². The molecule has 0 unspecified atom stereocenters. The van der Waals surface area contributed by atoms with Gasteiger partial charge < -0.3 is 20.1 Å². The number of hydrogen-bond donors (Lipinski definition) is 4. The number of amides is 1. The van der Waals surface area contributed by atoms with E-state index in [1.165, 1.54) is 0 Å². The summed E-state index contributed by atoms with van der Waals surface area (Å²) in [4.78, 5) is 11.7. The molecule has 0 fully saturated rings. The third kappa shape index (κ3) is 6.77. The lowest BCUT2D eigenvalue weighted by atomic mass is 10.3. The van der Waals surface area contributed by atoms with Gasteiger partial charge in [-0.05, 0) is 24.4 Å². The summed E-state index contributed by atoms with van der Waals surface area (Å²) < 4.78 is 10.0. The average molecular weight is 312 g/mol. The van der Waals surface area contributed by atoms with Crippen LogP contribution in [0.5, 0.6) is 5.75 Å². The number of rotatable bonds is 7. The van der Waals surface area contributed by atoms with E-state index in [1.54, 1.807) is 14.2 Å². The molecule has 0 aromatic heterocycles. The number of benzene rings is 1. The molecule has 1 aromatic rings. The fourth-order valence-electron chi connectivity index (χ4n) is 1.45. The molecule has 0 saturated carbocycles. The SMILES string of the molecule is COCCNC(=S)NNC(=O)CNc1ccccc1OC. The number of anilines is 1. The van der Waals surface area contributed by atoms with Gasteiger partial charge in [-0.1, -0.05) is 12.1 Å². The number of ether oxygens (including phenoxy) is 2. The third-order valence-electron chi connectivity index (χ3n) is 2.45. The van der Waals surface area contributed by atoms with Crippen molar-refractivity contribution in [3.63, 3.8) is 0 Å². The Morgan fingerprint density at radius 1 is 1.24 bits per heavy atom. The lowest BCUT2D eigenvalue weighted by Gasteiger charge is -2.13. The predicted octanol–water partition coefficient (Wildman–Crippen LogP) is 0.249. The Morgan fingerprint density at radius 3 is 2.71 bits per heavy atom. The summed E-state index contributed by atoms with van der Waals surface area (Å²) in [6, 6.07) is 7.36. The van der Waals surface area contributed by atoms with Crippen LogP contribution in [0.2, 0.25) is 0 Å². The van der Waals surface area contributed by atoms with Crippen LogP contribution in [-0.2, 0) is 9.53 Å². The molecule has 0 aliphatic carbocycles. The van der Waals surface area contributed by atoms with E-state index in [2.05, 4.69) is 21.5 Å². The maximum atomic E-state index is 11.7. The second-order valence-corrected chi connectivity index (χ2v) is 4.38. The number of para-hydroxylation sites is 2. The zero-order valence-electron chi connectivity index (χ0n) is 12.1. The molecule has 1 rings (SSSR count). The van der Waals surface area contributed by atoms with Gasteiger partial charge in [0.2, 0.25) is 0 Å². The highest BCUT2D eigenvalue weighted by Gasteiger charge is 2.05. The molecule has 0 atom stereocenters. The Morgan fingerprint density at radius 2 is 2.00 bits per heavy atom. The molecule has 1 amide bonds. The van der Waals surface area contributed by atoms with Crippen molar-refractivity contribution in [3.8, 4) is 5.75 Å². The maximum absolute atomic E-state index is 11.7. The normalized spacial score (nSPS) is 9.62. The van der Waals surface area contributed by atoms with Crippen molar-refractivity contribution < 1.29 is 14.3 Å². The minimum Gasteiger partial charge on any atom is -0.495 e. The molecule has 0 saturated heterocycles. The summed E-state index contributed by atoms with van der Waals surface area (Å²) in [6.07, 6.45) is 0. The lowest BCUT2D eigenvalue weighted by Crippen LogP contribution is -2.48. The quantitative estimate of drug-likeness (QED) is 0.326. The smallest absolute Gasteiger partial charge is 0.257 e. The van der Waals surface area contributed by atoms with Gasteiger partial charge in [-0.3, -0.25) is 15.6 Å². The van der Waals surface area contributed by atoms with E-state index in [1.807, 2.05) is 24.3 Å². The van der Waals surface area contributed by atoms with Gasteiger partial charge in [0.1, 0.15) is 5.75 Å². The van der Waals surface area contributed by atoms with E-state index >= 15 is 0 Å². The Labute approximate surface area is 129 Å². The first-order valence-corrected chi connectivity index (χ1v) is 6.76. The highest BCUT2D eigenvalue weighted by molar-refractivity contribution is 7.80. The largest absolute Gasteiger partial charge is 0.495 e. The van der Waals surface area contributed by atoms with E-state index in [0.717, 1.165) is 5.69 Å². The summed E-state index contributed by atoms with van der Waals surface area (Å²) in [7, 11) is 3.18. The number of carbonyl (C=O) groups is 1.